The van der Waals surface area contributed by atoms with E-state index >= 15 is 0 Å². The van der Waals surface area contributed by atoms with Gasteiger partial charge in [0.1, 0.15) is 23.5 Å². The van der Waals surface area contributed by atoms with Crippen molar-refractivity contribution in [3.05, 3.63) is 29.8 Å². The van der Waals surface area contributed by atoms with Crippen LogP contribution in [0.1, 0.15) is 26.7 Å². The Morgan fingerprint density at radius 3 is 2.29 bits per heavy atom. The van der Waals surface area contributed by atoms with Gasteiger partial charge in [-0.2, -0.15) is 0 Å². The van der Waals surface area contributed by atoms with E-state index in [-0.39, 0.29) is 11.2 Å². The highest BCUT2D eigenvalue weighted by Gasteiger charge is 2.42. The second-order valence-corrected chi connectivity index (χ2v) is 5.23. The van der Waals surface area contributed by atoms with E-state index in [1.54, 1.807) is 0 Å². The van der Waals surface area contributed by atoms with E-state index in [0.717, 1.165) is 24.6 Å². The van der Waals surface area contributed by atoms with Gasteiger partial charge in [-0.05, 0) is 18.3 Å². The third-order valence-corrected chi connectivity index (χ3v) is 3.35. The SMILES string of the molecule is CC1(C)CCC(Oc2cc(F)cc(F)c2)C1O. The molecule has 2 nitrogen and oxygen atoms in total. The first-order valence-corrected chi connectivity index (χ1v) is 5.69. The van der Waals surface area contributed by atoms with Gasteiger partial charge in [0, 0.05) is 18.2 Å². The van der Waals surface area contributed by atoms with E-state index in [0.29, 0.717) is 6.42 Å². The van der Waals surface area contributed by atoms with E-state index in [1.165, 1.54) is 0 Å². The van der Waals surface area contributed by atoms with Crippen molar-refractivity contribution in [3.63, 3.8) is 0 Å². The largest absolute Gasteiger partial charge is 0.487 e. The van der Waals surface area contributed by atoms with Crippen molar-refractivity contribution in [3.8, 4) is 5.75 Å². The van der Waals surface area contributed by atoms with Gasteiger partial charge < -0.3 is 9.84 Å². The summed E-state index contributed by atoms with van der Waals surface area (Å²) in [5, 5.41) is 10.0. The molecule has 4 heteroatoms. The summed E-state index contributed by atoms with van der Waals surface area (Å²) in [5.74, 6) is -1.22. The van der Waals surface area contributed by atoms with Crippen LogP contribution in [0.3, 0.4) is 0 Å². The molecule has 1 fully saturated rings. The van der Waals surface area contributed by atoms with E-state index in [4.69, 9.17) is 4.74 Å². The molecule has 0 bridgehead atoms. The summed E-state index contributed by atoms with van der Waals surface area (Å²) < 4.78 is 31.4. The van der Waals surface area contributed by atoms with Crippen molar-refractivity contribution in [2.45, 2.75) is 38.9 Å². The Bertz CT molecular complexity index is 398. The third-order valence-electron chi connectivity index (χ3n) is 3.35. The molecular weight excluding hydrogens is 226 g/mol. The van der Waals surface area contributed by atoms with Gasteiger partial charge in [0.2, 0.25) is 0 Å². The number of hydrogen-bond acceptors (Lipinski definition) is 2. The minimum absolute atomic E-state index is 0.129. The van der Waals surface area contributed by atoms with Gasteiger partial charge in [0.15, 0.2) is 0 Å². The molecule has 2 rings (SSSR count). The molecule has 0 spiro atoms. The minimum atomic E-state index is -0.674. The zero-order chi connectivity index (χ0) is 12.6. The topological polar surface area (TPSA) is 29.5 Å². The van der Waals surface area contributed by atoms with Gasteiger partial charge in [-0.3, -0.25) is 0 Å². The zero-order valence-electron chi connectivity index (χ0n) is 9.91. The fourth-order valence-corrected chi connectivity index (χ4v) is 2.22. The van der Waals surface area contributed by atoms with Gasteiger partial charge in [-0.15, -0.1) is 0 Å². The van der Waals surface area contributed by atoms with Gasteiger partial charge in [0.25, 0.3) is 0 Å². The van der Waals surface area contributed by atoms with Gasteiger partial charge >= 0.3 is 0 Å². The van der Waals surface area contributed by atoms with Crippen LogP contribution in [0, 0.1) is 17.0 Å². The van der Waals surface area contributed by atoms with E-state index in [1.807, 2.05) is 13.8 Å². The molecule has 2 atom stereocenters. The molecule has 0 amide bonds. The number of ether oxygens (including phenoxy) is 1. The lowest BCUT2D eigenvalue weighted by atomic mass is 9.89. The lowest BCUT2D eigenvalue weighted by molar-refractivity contribution is 0.00471. The molecule has 1 N–H and O–H groups in total. The van der Waals surface area contributed by atoms with Crippen LogP contribution >= 0.6 is 0 Å². The molecule has 0 radical (unpaired) electrons. The average molecular weight is 242 g/mol. The van der Waals surface area contributed by atoms with Crippen molar-refractivity contribution >= 4 is 0 Å². The molecule has 1 aromatic carbocycles. The summed E-state index contributed by atoms with van der Waals surface area (Å²) in [6.07, 6.45) is 0.503. The number of hydrogen-bond donors (Lipinski definition) is 1. The van der Waals surface area contributed by atoms with Crippen molar-refractivity contribution in [2.24, 2.45) is 5.41 Å². The lowest BCUT2D eigenvalue weighted by Crippen LogP contribution is -2.34. The number of aliphatic hydroxyl groups excluding tert-OH is 1. The summed E-state index contributed by atoms with van der Waals surface area (Å²) in [7, 11) is 0. The van der Waals surface area contributed by atoms with Crippen LogP contribution in [0.2, 0.25) is 0 Å². The van der Waals surface area contributed by atoms with E-state index < -0.39 is 23.8 Å². The normalized spacial score (nSPS) is 27.1. The average Bonchev–Trinajstić information content (AvgIpc) is 2.44. The molecule has 0 heterocycles. The highest BCUT2D eigenvalue weighted by molar-refractivity contribution is 5.24. The first-order chi connectivity index (χ1) is 7.88. The number of aliphatic hydroxyl groups is 1. The van der Waals surface area contributed by atoms with Gasteiger partial charge in [-0.25, -0.2) is 8.78 Å². The molecule has 1 aromatic rings. The fourth-order valence-electron chi connectivity index (χ4n) is 2.22. The van der Waals surface area contributed by atoms with Crippen LogP contribution in [-0.4, -0.2) is 17.3 Å². The standard InChI is InChI=1S/C13H16F2O2/c1-13(2)4-3-11(12(13)16)17-10-6-8(14)5-9(15)7-10/h5-7,11-12,16H,3-4H2,1-2H3. The number of rotatable bonds is 2. The maximum atomic E-state index is 13.0. The highest BCUT2D eigenvalue weighted by atomic mass is 19.1. The van der Waals surface area contributed by atoms with E-state index in [9.17, 15) is 13.9 Å². The Morgan fingerprint density at radius 2 is 1.82 bits per heavy atom. The number of halogens is 2. The van der Waals surface area contributed by atoms with Crippen molar-refractivity contribution in [1.82, 2.24) is 0 Å². The Morgan fingerprint density at radius 1 is 1.24 bits per heavy atom. The van der Waals surface area contributed by atoms with Crippen LogP contribution in [0.15, 0.2) is 18.2 Å². The summed E-state index contributed by atoms with van der Waals surface area (Å²) in [6, 6.07) is 3.05. The Hall–Kier alpha value is -1.16. The van der Waals surface area contributed by atoms with Crippen molar-refractivity contribution in [1.29, 1.82) is 0 Å². The van der Waals surface area contributed by atoms with Gasteiger partial charge in [-0.1, -0.05) is 13.8 Å². The van der Waals surface area contributed by atoms with Crippen LogP contribution in [0.25, 0.3) is 0 Å². The van der Waals surface area contributed by atoms with Gasteiger partial charge in [0.05, 0.1) is 6.10 Å². The number of benzene rings is 1. The predicted octanol–water partition coefficient (Wildman–Crippen LogP) is 2.89. The molecule has 0 aromatic heterocycles. The molecule has 17 heavy (non-hydrogen) atoms. The lowest BCUT2D eigenvalue weighted by Gasteiger charge is -2.25. The molecule has 0 saturated heterocycles. The molecule has 2 unspecified atom stereocenters. The Kier molecular flexibility index (Phi) is 3.08. The minimum Gasteiger partial charge on any atom is -0.487 e. The quantitative estimate of drug-likeness (QED) is 0.864. The first-order valence-electron chi connectivity index (χ1n) is 5.69. The predicted molar refractivity (Wildman–Crippen MR) is 59.8 cm³/mol. The first kappa shape index (κ1) is 12.3. The monoisotopic (exact) mass is 242 g/mol. The maximum absolute atomic E-state index is 13.0. The second-order valence-electron chi connectivity index (χ2n) is 5.23. The summed E-state index contributed by atoms with van der Waals surface area (Å²) in [5.41, 5.74) is -0.212. The van der Waals surface area contributed by atoms with Crippen LogP contribution in [0.5, 0.6) is 5.75 Å². The highest BCUT2D eigenvalue weighted by Crippen LogP contribution is 2.39. The molecule has 0 aliphatic heterocycles. The molecule has 1 aliphatic rings. The van der Waals surface area contributed by atoms with Crippen LogP contribution in [-0.2, 0) is 0 Å². The molecule has 1 saturated carbocycles. The van der Waals surface area contributed by atoms with Crippen LogP contribution in [0.4, 0.5) is 8.78 Å². The molecule has 94 valence electrons. The summed E-state index contributed by atoms with van der Waals surface area (Å²) in [4.78, 5) is 0. The Labute approximate surface area is 99.2 Å². The molecule has 1 aliphatic carbocycles. The third kappa shape index (κ3) is 2.57. The summed E-state index contributed by atoms with van der Waals surface area (Å²) >= 11 is 0. The fraction of sp³-hybridized carbons (Fsp3) is 0.538. The van der Waals surface area contributed by atoms with Crippen LogP contribution < -0.4 is 4.74 Å². The van der Waals surface area contributed by atoms with E-state index in [2.05, 4.69) is 0 Å². The second kappa shape index (κ2) is 4.26. The maximum Gasteiger partial charge on any atom is 0.129 e. The van der Waals surface area contributed by atoms with Crippen molar-refractivity contribution < 1.29 is 18.6 Å². The zero-order valence-corrected chi connectivity index (χ0v) is 9.91. The molecular formula is C13H16F2O2. The summed E-state index contributed by atoms with van der Waals surface area (Å²) in [6.45, 7) is 3.90. The smallest absolute Gasteiger partial charge is 0.129 e. The van der Waals surface area contributed by atoms with Crippen molar-refractivity contribution in [2.75, 3.05) is 0 Å². The Balaban J connectivity index is 2.12.